The van der Waals surface area contributed by atoms with E-state index in [1.165, 1.54) is 16.7 Å². The number of aromatic nitrogens is 1. The van der Waals surface area contributed by atoms with Crippen LogP contribution in [0.2, 0.25) is 0 Å². The molecule has 0 saturated heterocycles. The number of esters is 1. The fourth-order valence-electron chi connectivity index (χ4n) is 2.85. The highest BCUT2D eigenvalue weighted by molar-refractivity contribution is 6.05. The van der Waals surface area contributed by atoms with Gasteiger partial charge in [0.05, 0.1) is 17.9 Å². The second kappa shape index (κ2) is 6.28. The van der Waals surface area contributed by atoms with E-state index in [-0.39, 0.29) is 23.4 Å². The van der Waals surface area contributed by atoms with Gasteiger partial charge >= 0.3 is 5.97 Å². The number of hydrogen-bond acceptors (Lipinski definition) is 3. The molecule has 1 heterocycles. The number of hydrogen-bond donors (Lipinski definition) is 0. The van der Waals surface area contributed by atoms with Crippen molar-refractivity contribution in [2.75, 3.05) is 6.61 Å². The molecular formula is C19H16FNO3. The van der Waals surface area contributed by atoms with Gasteiger partial charge in [-0.2, -0.15) is 0 Å². The summed E-state index contributed by atoms with van der Waals surface area (Å²) in [6, 6.07) is 12.7. The number of carbonyl (C=O) groups is 1. The third kappa shape index (κ3) is 2.48. The molecule has 4 nitrogen and oxygen atoms in total. The number of nitrogens with zero attached hydrogens (tertiary/aromatic N) is 1. The summed E-state index contributed by atoms with van der Waals surface area (Å²) in [5.41, 5.74) is 0.357. The van der Waals surface area contributed by atoms with Gasteiger partial charge in [0.2, 0.25) is 0 Å². The number of fused-ring (bicyclic) bond motifs is 1. The van der Waals surface area contributed by atoms with Crippen molar-refractivity contribution in [1.82, 2.24) is 4.57 Å². The van der Waals surface area contributed by atoms with Gasteiger partial charge in [0, 0.05) is 16.5 Å². The first kappa shape index (κ1) is 15.9. The highest BCUT2D eigenvalue weighted by Crippen LogP contribution is 2.23. The molecule has 0 radical (unpaired) electrons. The Morgan fingerprint density at radius 2 is 1.71 bits per heavy atom. The smallest absolute Gasteiger partial charge is 0.340 e. The standard InChI is InChI=1S/C19H16FNO3/c1-3-24-19(23)17-12(2)21(16-11-7-6-10-15(16)20)18(22)14-9-5-4-8-13(14)17/h4-11H,3H2,1-2H3. The largest absolute Gasteiger partial charge is 0.462 e. The van der Waals surface area contributed by atoms with Crippen LogP contribution in [-0.4, -0.2) is 17.1 Å². The molecule has 122 valence electrons. The van der Waals surface area contributed by atoms with Crippen LogP contribution in [0.5, 0.6) is 0 Å². The summed E-state index contributed by atoms with van der Waals surface area (Å²) in [6.45, 7) is 3.54. The zero-order valence-corrected chi connectivity index (χ0v) is 13.4. The Balaban J connectivity index is 2.46. The molecule has 0 spiro atoms. The van der Waals surface area contributed by atoms with Gasteiger partial charge in [-0.25, -0.2) is 9.18 Å². The maximum atomic E-state index is 14.2. The van der Waals surface area contributed by atoms with Crippen LogP contribution < -0.4 is 5.56 Å². The van der Waals surface area contributed by atoms with E-state index in [2.05, 4.69) is 0 Å². The molecule has 0 atom stereocenters. The van der Waals surface area contributed by atoms with Crippen LogP contribution in [0.3, 0.4) is 0 Å². The number of halogens is 1. The minimum atomic E-state index is -0.534. The van der Waals surface area contributed by atoms with Gasteiger partial charge in [-0.1, -0.05) is 30.3 Å². The molecule has 0 aliphatic heterocycles. The Hall–Kier alpha value is -2.95. The molecule has 1 aromatic heterocycles. The summed E-state index contributed by atoms with van der Waals surface area (Å²) in [6.07, 6.45) is 0. The van der Waals surface area contributed by atoms with Gasteiger partial charge in [-0.05, 0) is 32.0 Å². The minimum Gasteiger partial charge on any atom is -0.462 e. The third-order valence-corrected chi connectivity index (χ3v) is 3.90. The Labute approximate surface area is 138 Å². The number of rotatable bonds is 3. The lowest BCUT2D eigenvalue weighted by molar-refractivity contribution is 0.0527. The molecule has 5 heteroatoms. The van der Waals surface area contributed by atoms with Crippen molar-refractivity contribution >= 4 is 16.7 Å². The Morgan fingerprint density at radius 3 is 2.38 bits per heavy atom. The maximum Gasteiger partial charge on any atom is 0.340 e. The van der Waals surface area contributed by atoms with Crippen LogP contribution in [0, 0.1) is 12.7 Å². The molecule has 0 bridgehead atoms. The number of ether oxygens (including phenoxy) is 1. The van der Waals surface area contributed by atoms with Gasteiger partial charge in [-0.3, -0.25) is 9.36 Å². The van der Waals surface area contributed by atoms with Gasteiger partial charge in [-0.15, -0.1) is 0 Å². The van der Waals surface area contributed by atoms with E-state index in [1.807, 2.05) is 0 Å². The molecule has 0 aliphatic carbocycles. The van der Waals surface area contributed by atoms with E-state index in [0.717, 1.165) is 0 Å². The number of para-hydroxylation sites is 1. The van der Waals surface area contributed by atoms with Gasteiger partial charge in [0.1, 0.15) is 5.82 Å². The molecule has 3 rings (SSSR count). The fraction of sp³-hybridized carbons (Fsp3) is 0.158. The normalized spacial score (nSPS) is 10.8. The molecule has 0 unspecified atom stereocenters. The quantitative estimate of drug-likeness (QED) is 0.691. The molecule has 0 N–H and O–H groups in total. The summed E-state index contributed by atoms with van der Waals surface area (Å²) in [4.78, 5) is 25.3. The van der Waals surface area contributed by atoms with E-state index in [4.69, 9.17) is 4.74 Å². The van der Waals surface area contributed by atoms with Crippen molar-refractivity contribution in [3.05, 3.63) is 76.0 Å². The summed E-state index contributed by atoms with van der Waals surface area (Å²) in [5.74, 6) is -1.07. The Kier molecular flexibility index (Phi) is 4.16. The first-order valence-electron chi connectivity index (χ1n) is 7.62. The molecule has 0 aliphatic rings. The Morgan fingerprint density at radius 1 is 1.08 bits per heavy atom. The van der Waals surface area contributed by atoms with Crippen molar-refractivity contribution in [2.45, 2.75) is 13.8 Å². The first-order chi connectivity index (χ1) is 11.6. The third-order valence-electron chi connectivity index (χ3n) is 3.90. The highest BCUT2D eigenvalue weighted by atomic mass is 19.1. The van der Waals surface area contributed by atoms with Crippen molar-refractivity contribution in [1.29, 1.82) is 0 Å². The SMILES string of the molecule is CCOC(=O)c1c(C)n(-c2ccccc2F)c(=O)c2ccccc12. The lowest BCUT2D eigenvalue weighted by atomic mass is 10.0. The molecule has 3 aromatic rings. The number of benzene rings is 2. The van der Waals surface area contributed by atoms with E-state index < -0.39 is 11.8 Å². The average Bonchev–Trinajstić information content (AvgIpc) is 2.57. The van der Waals surface area contributed by atoms with Gasteiger partial charge < -0.3 is 4.74 Å². The molecule has 2 aromatic carbocycles. The van der Waals surface area contributed by atoms with E-state index in [1.54, 1.807) is 50.2 Å². The zero-order valence-electron chi connectivity index (χ0n) is 13.4. The van der Waals surface area contributed by atoms with Gasteiger partial charge in [0.25, 0.3) is 5.56 Å². The molecular weight excluding hydrogens is 309 g/mol. The predicted molar refractivity (Wildman–Crippen MR) is 90.2 cm³/mol. The average molecular weight is 325 g/mol. The van der Waals surface area contributed by atoms with Crippen LogP contribution in [0.1, 0.15) is 23.0 Å². The molecule has 0 saturated carbocycles. The van der Waals surface area contributed by atoms with E-state index >= 15 is 0 Å². The molecule has 0 amide bonds. The van der Waals surface area contributed by atoms with Crippen LogP contribution in [0.4, 0.5) is 4.39 Å². The maximum absolute atomic E-state index is 14.2. The van der Waals surface area contributed by atoms with Gasteiger partial charge in [0.15, 0.2) is 0 Å². The first-order valence-corrected chi connectivity index (χ1v) is 7.62. The zero-order chi connectivity index (χ0) is 17.3. The second-order valence-electron chi connectivity index (χ2n) is 5.32. The van der Waals surface area contributed by atoms with Crippen LogP contribution in [0.15, 0.2) is 53.3 Å². The topological polar surface area (TPSA) is 48.3 Å². The Bertz CT molecular complexity index is 992. The van der Waals surface area contributed by atoms with E-state index in [0.29, 0.717) is 16.5 Å². The fourth-order valence-corrected chi connectivity index (χ4v) is 2.85. The van der Waals surface area contributed by atoms with Crippen LogP contribution >= 0.6 is 0 Å². The number of pyridine rings is 1. The lowest BCUT2D eigenvalue weighted by Crippen LogP contribution is -2.25. The molecule has 24 heavy (non-hydrogen) atoms. The summed E-state index contributed by atoms with van der Waals surface area (Å²) >= 11 is 0. The molecule has 0 fully saturated rings. The predicted octanol–water partition coefficient (Wildman–Crippen LogP) is 3.61. The minimum absolute atomic E-state index is 0.108. The van der Waals surface area contributed by atoms with Crippen molar-refractivity contribution in [3.63, 3.8) is 0 Å². The van der Waals surface area contributed by atoms with Crippen molar-refractivity contribution < 1.29 is 13.9 Å². The van der Waals surface area contributed by atoms with Crippen LogP contribution in [-0.2, 0) is 4.74 Å². The summed E-state index contributed by atoms with van der Waals surface area (Å²) < 4.78 is 20.6. The highest BCUT2D eigenvalue weighted by Gasteiger charge is 2.21. The van der Waals surface area contributed by atoms with Crippen LogP contribution in [0.25, 0.3) is 16.5 Å². The summed E-state index contributed by atoms with van der Waals surface area (Å²) in [7, 11) is 0. The second-order valence-corrected chi connectivity index (χ2v) is 5.32. The lowest BCUT2D eigenvalue weighted by Gasteiger charge is -2.16. The van der Waals surface area contributed by atoms with E-state index in [9.17, 15) is 14.0 Å². The van der Waals surface area contributed by atoms with Crippen molar-refractivity contribution in [2.24, 2.45) is 0 Å². The van der Waals surface area contributed by atoms with Crippen molar-refractivity contribution in [3.8, 4) is 5.69 Å². The number of carbonyl (C=O) groups excluding carboxylic acids is 1. The monoisotopic (exact) mass is 325 g/mol. The summed E-state index contributed by atoms with van der Waals surface area (Å²) in [5, 5.41) is 0.848.